The zero-order valence-corrected chi connectivity index (χ0v) is 20.5. The quantitative estimate of drug-likeness (QED) is 0.506. The van der Waals surface area contributed by atoms with E-state index in [0.29, 0.717) is 13.2 Å². The van der Waals surface area contributed by atoms with Crippen molar-refractivity contribution in [2.45, 2.75) is 50.3 Å². The van der Waals surface area contributed by atoms with Crippen molar-refractivity contribution in [3.8, 4) is 0 Å². The molecule has 8 nitrogen and oxygen atoms in total. The van der Waals surface area contributed by atoms with Crippen LogP contribution < -0.4 is 10.0 Å². The minimum atomic E-state index is -3.86. The molecule has 0 unspecified atom stereocenters. The van der Waals surface area contributed by atoms with Crippen molar-refractivity contribution in [3.05, 3.63) is 66.2 Å². The van der Waals surface area contributed by atoms with Gasteiger partial charge in [0.1, 0.15) is 6.04 Å². The van der Waals surface area contributed by atoms with Gasteiger partial charge >= 0.3 is 0 Å². The first-order chi connectivity index (χ1) is 16.3. The fraction of sp³-hybridized carbons (Fsp3) is 0.440. The summed E-state index contributed by atoms with van der Waals surface area (Å²) in [6.45, 7) is 4.48. The Balaban J connectivity index is 1.74. The van der Waals surface area contributed by atoms with Crippen LogP contribution in [0.1, 0.15) is 32.3 Å². The summed E-state index contributed by atoms with van der Waals surface area (Å²) in [7, 11) is -3.86. The van der Waals surface area contributed by atoms with Crippen molar-refractivity contribution in [2.24, 2.45) is 5.92 Å². The third-order valence-electron chi connectivity index (χ3n) is 5.76. The molecule has 0 aliphatic carbocycles. The number of carbonyl (C=O) groups is 2. The molecule has 1 heterocycles. The van der Waals surface area contributed by atoms with E-state index in [1.165, 1.54) is 17.0 Å². The molecule has 0 spiro atoms. The number of nitrogens with one attached hydrogen (secondary N) is 2. The molecule has 1 fully saturated rings. The molecule has 3 rings (SSSR count). The summed E-state index contributed by atoms with van der Waals surface area (Å²) < 4.78 is 33.3. The fourth-order valence-corrected chi connectivity index (χ4v) is 5.01. The Bertz CT molecular complexity index is 1040. The van der Waals surface area contributed by atoms with Crippen LogP contribution in [0.2, 0.25) is 0 Å². The van der Waals surface area contributed by atoms with E-state index in [9.17, 15) is 18.0 Å². The molecule has 2 amide bonds. The first kappa shape index (κ1) is 25.9. The van der Waals surface area contributed by atoms with Crippen molar-refractivity contribution in [3.63, 3.8) is 0 Å². The summed E-state index contributed by atoms with van der Waals surface area (Å²) >= 11 is 0. The van der Waals surface area contributed by atoms with Crippen LogP contribution in [0.15, 0.2) is 65.6 Å². The molecule has 2 aromatic rings. The van der Waals surface area contributed by atoms with Gasteiger partial charge in [-0.05, 0) is 36.5 Å². The molecular weight excluding hydrogens is 454 g/mol. The van der Waals surface area contributed by atoms with Gasteiger partial charge in [0.15, 0.2) is 0 Å². The number of ether oxygens (including phenoxy) is 1. The van der Waals surface area contributed by atoms with Gasteiger partial charge in [-0.25, -0.2) is 13.1 Å². The summed E-state index contributed by atoms with van der Waals surface area (Å²) in [6, 6.07) is 16.6. The van der Waals surface area contributed by atoms with Crippen LogP contribution >= 0.6 is 0 Å². The zero-order valence-electron chi connectivity index (χ0n) is 19.6. The Morgan fingerprint density at radius 1 is 1.06 bits per heavy atom. The second-order valence-corrected chi connectivity index (χ2v) is 10.5. The normalized spacial score (nSPS) is 16.9. The molecule has 9 heteroatoms. The SMILES string of the molecule is CC(C)[C@H](C(=O)NCc1ccccc1)N(C[C@H]1CCCO1)C(=O)CNS(=O)(=O)c1ccccc1. The van der Waals surface area contributed by atoms with Gasteiger partial charge in [0.25, 0.3) is 0 Å². The zero-order chi connectivity index (χ0) is 24.6. The van der Waals surface area contributed by atoms with E-state index in [0.717, 1.165) is 18.4 Å². The van der Waals surface area contributed by atoms with E-state index in [1.807, 2.05) is 44.2 Å². The lowest BCUT2D eigenvalue weighted by molar-refractivity contribution is -0.143. The molecule has 34 heavy (non-hydrogen) atoms. The number of sulfonamides is 1. The number of amides is 2. The maximum atomic E-state index is 13.3. The first-order valence-corrected chi connectivity index (χ1v) is 13.0. The van der Waals surface area contributed by atoms with Crippen molar-refractivity contribution in [1.29, 1.82) is 0 Å². The van der Waals surface area contributed by atoms with Crippen molar-refractivity contribution >= 4 is 21.8 Å². The predicted octanol–water partition coefficient (Wildman–Crippen LogP) is 2.31. The molecule has 1 aliphatic heterocycles. The highest BCUT2D eigenvalue weighted by atomic mass is 32.2. The number of carbonyl (C=O) groups excluding carboxylic acids is 2. The van der Waals surface area contributed by atoms with Crippen LogP contribution in [-0.2, 0) is 30.9 Å². The fourth-order valence-electron chi connectivity index (χ4n) is 4.01. The number of benzene rings is 2. The predicted molar refractivity (Wildman–Crippen MR) is 129 cm³/mol. The second-order valence-electron chi connectivity index (χ2n) is 8.71. The molecule has 1 aliphatic rings. The Morgan fingerprint density at radius 3 is 2.29 bits per heavy atom. The van der Waals surface area contributed by atoms with Gasteiger partial charge in [-0.2, -0.15) is 0 Å². The highest BCUT2D eigenvalue weighted by Gasteiger charge is 2.35. The Labute approximate surface area is 201 Å². The third-order valence-corrected chi connectivity index (χ3v) is 7.17. The van der Waals surface area contributed by atoms with Gasteiger partial charge < -0.3 is 15.0 Å². The number of rotatable bonds is 11. The van der Waals surface area contributed by atoms with E-state index >= 15 is 0 Å². The first-order valence-electron chi connectivity index (χ1n) is 11.6. The summed E-state index contributed by atoms with van der Waals surface area (Å²) in [6.07, 6.45) is 1.49. The van der Waals surface area contributed by atoms with Crippen LogP contribution in [-0.4, -0.2) is 57.0 Å². The maximum Gasteiger partial charge on any atom is 0.243 e. The lowest BCUT2D eigenvalue weighted by atomic mass is 10.00. The molecule has 2 aromatic carbocycles. The van der Waals surface area contributed by atoms with E-state index < -0.39 is 28.5 Å². The Morgan fingerprint density at radius 2 is 1.71 bits per heavy atom. The van der Waals surface area contributed by atoms with E-state index in [1.54, 1.807) is 18.2 Å². The second kappa shape index (κ2) is 12.1. The highest BCUT2D eigenvalue weighted by Crippen LogP contribution is 2.19. The Kier molecular flexibility index (Phi) is 9.20. The van der Waals surface area contributed by atoms with Gasteiger partial charge in [0, 0.05) is 19.7 Å². The van der Waals surface area contributed by atoms with Crippen LogP contribution in [0, 0.1) is 5.92 Å². The van der Waals surface area contributed by atoms with Crippen LogP contribution in [0.3, 0.4) is 0 Å². The molecule has 2 N–H and O–H groups in total. The van der Waals surface area contributed by atoms with Crippen molar-refractivity contribution in [2.75, 3.05) is 19.7 Å². The largest absolute Gasteiger partial charge is 0.376 e. The van der Waals surface area contributed by atoms with Gasteiger partial charge in [-0.15, -0.1) is 0 Å². The van der Waals surface area contributed by atoms with Gasteiger partial charge in [0.05, 0.1) is 17.5 Å². The minimum absolute atomic E-state index is 0.0782. The maximum absolute atomic E-state index is 13.3. The molecule has 1 saturated heterocycles. The van der Waals surface area contributed by atoms with E-state index in [2.05, 4.69) is 10.0 Å². The summed E-state index contributed by atoms with van der Waals surface area (Å²) in [5, 5.41) is 2.93. The lowest BCUT2D eigenvalue weighted by Crippen LogP contribution is -2.56. The molecule has 0 aromatic heterocycles. The highest BCUT2D eigenvalue weighted by molar-refractivity contribution is 7.89. The van der Waals surface area contributed by atoms with Gasteiger partial charge in [-0.1, -0.05) is 62.4 Å². The Hall–Kier alpha value is -2.75. The number of nitrogens with zero attached hydrogens (tertiary/aromatic N) is 1. The molecule has 0 saturated carbocycles. The van der Waals surface area contributed by atoms with Crippen molar-refractivity contribution < 1.29 is 22.7 Å². The summed E-state index contributed by atoms with van der Waals surface area (Å²) in [4.78, 5) is 28.1. The molecule has 0 radical (unpaired) electrons. The van der Waals surface area contributed by atoms with Crippen molar-refractivity contribution in [1.82, 2.24) is 14.9 Å². The summed E-state index contributed by atoms with van der Waals surface area (Å²) in [5.74, 6) is -0.938. The molecule has 184 valence electrons. The van der Waals surface area contributed by atoms with Crippen LogP contribution in [0.25, 0.3) is 0 Å². The topological polar surface area (TPSA) is 105 Å². The third kappa shape index (κ3) is 7.12. The van der Waals surface area contributed by atoms with Gasteiger partial charge in [-0.3, -0.25) is 9.59 Å². The number of hydrogen-bond acceptors (Lipinski definition) is 5. The lowest BCUT2D eigenvalue weighted by Gasteiger charge is -2.35. The summed E-state index contributed by atoms with van der Waals surface area (Å²) in [5.41, 5.74) is 0.950. The average molecular weight is 488 g/mol. The standard InChI is InChI=1S/C25H33N3O5S/c1-19(2)24(25(30)26-16-20-10-5-3-6-11-20)28(18-21-12-9-15-33-21)23(29)17-27-34(31,32)22-13-7-4-8-14-22/h3-8,10-11,13-14,19,21,24,27H,9,12,15-18H2,1-2H3,(H,26,30)/t21-,24-/m1/s1. The van der Waals surface area contributed by atoms with E-state index in [-0.39, 0.29) is 29.4 Å². The monoisotopic (exact) mass is 487 g/mol. The van der Waals surface area contributed by atoms with Crippen LogP contribution in [0.4, 0.5) is 0 Å². The molecular formula is C25H33N3O5S. The molecule has 0 bridgehead atoms. The average Bonchev–Trinajstić information content (AvgIpc) is 3.35. The molecule has 2 atom stereocenters. The van der Waals surface area contributed by atoms with Crippen LogP contribution in [0.5, 0.6) is 0 Å². The minimum Gasteiger partial charge on any atom is -0.376 e. The smallest absolute Gasteiger partial charge is 0.243 e. The van der Waals surface area contributed by atoms with Gasteiger partial charge in [0.2, 0.25) is 21.8 Å². The van der Waals surface area contributed by atoms with E-state index in [4.69, 9.17) is 4.74 Å². The number of hydrogen-bond donors (Lipinski definition) is 2.